The fourth-order valence-corrected chi connectivity index (χ4v) is 0.367. The smallest absolute Gasteiger partial charge is 0.140 e. The Bertz CT molecular complexity index is 164. The maximum atomic E-state index is 12.0. The van der Waals surface area contributed by atoms with E-state index in [0.29, 0.717) is 0 Å². The van der Waals surface area contributed by atoms with Crippen LogP contribution in [0.3, 0.4) is 0 Å². The molecule has 1 N–H and O–H groups in total. The van der Waals surface area contributed by atoms with Gasteiger partial charge in [-0.1, -0.05) is 12.2 Å². The lowest BCUT2D eigenvalue weighted by Crippen LogP contribution is -1.89. The minimum atomic E-state index is -0.684. The minimum absolute atomic E-state index is 0.144. The summed E-state index contributed by atoms with van der Waals surface area (Å²) in [4.78, 5) is 0. The van der Waals surface area contributed by atoms with Gasteiger partial charge in [0.2, 0.25) is 0 Å². The Kier molecular flexibility index (Phi) is 2.85. The van der Waals surface area contributed by atoms with Gasteiger partial charge in [0.15, 0.2) is 0 Å². The normalized spacial score (nSPS) is 8.33. The van der Waals surface area contributed by atoms with Crippen LogP contribution in [0.15, 0.2) is 24.1 Å². The molecule has 1 nitrogen and oxygen atoms in total. The minimum Gasteiger partial charge on any atom is -0.298 e. The van der Waals surface area contributed by atoms with Crippen LogP contribution < -0.4 is 0 Å². The Balaban J connectivity index is 4.09. The second-order valence-electron chi connectivity index (χ2n) is 2.04. The standard InChI is InChI=1S/C7H10FN/c1-5(2)4-7(9)6(3)8/h4,9H,3H2,1-2H3. The summed E-state index contributed by atoms with van der Waals surface area (Å²) in [6, 6.07) is 0. The second kappa shape index (κ2) is 3.17. The molecule has 0 spiro atoms. The highest BCUT2D eigenvalue weighted by Gasteiger charge is 1.93. The molecule has 0 saturated heterocycles. The number of halogens is 1. The maximum absolute atomic E-state index is 12.0. The maximum Gasteiger partial charge on any atom is 0.140 e. The predicted octanol–water partition coefficient (Wildman–Crippen LogP) is 2.46. The van der Waals surface area contributed by atoms with E-state index in [1.807, 2.05) is 0 Å². The summed E-state index contributed by atoms with van der Waals surface area (Å²) in [5.74, 6) is -0.684. The van der Waals surface area contributed by atoms with Crippen molar-refractivity contribution in [1.29, 1.82) is 5.41 Å². The van der Waals surface area contributed by atoms with Gasteiger partial charge in [0.25, 0.3) is 0 Å². The molecule has 50 valence electrons. The van der Waals surface area contributed by atoms with Gasteiger partial charge in [-0.15, -0.1) is 0 Å². The largest absolute Gasteiger partial charge is 0.298 e. The van der Waals surface area contributed by atoms with Crippen LogP contribution in [-0.2, 0) is 0 Å². The van der Waals surface area contributed by atoms with Crippen molar-refractivity contribution in [1.82, 2.24) is 0 Å². The zero-order valence-corrected chi connectivity index (χ0v) is 5.66. The van der Waals surface area contributed by atoms with Gasteiger partial charge in [-0.3, -0.25) is 5.41 Å². The van der Waals surface area contributed by atoms with E-state index in [1.54, 1.807) is 13.8 Å². The number of rotatable bonds is 2. The van der Waals surface area contributed by atoms with Crippen molar-refractivity contribution >= 4 is 5.71 Å². The molecule has 0 unspecified atom stereocenters. The molecule has 0 saturated carbocycles. The second-order valence-corrected chi connectivity index (χ2v) is 2.04. The topological polar surface area (TPSA) is 23.9 Å². The van der Waals surface area contributed by atoms with Gasteiger partial charge >= 0.3 is 0 Å². The third-order valence-electron chi connectivity index (χ3n) is 0.725. The molecule has 0 bridgehead atoms. The van der Waals surface area contributed by atoms with Crippen LogP contribution in [0.2, 0.25) is 0 Å². The molecule has 0 amide bonds. The van der Waals surface area contributed by atoms with Gasteiger partial charge in [-0.25, -0.2) is 4.39 Å². The zero-order chi connectivity index (χ0) is 7.44. The summed E-state index contributed by atoms with van der Waals surface area (Å²) in [5.41, 5.74) is 0.758. The van der Waals surface area contributed by atoms with Crippen molar-refractivity contribution in [3.63, 3.8) is 0 Å². The summed E-state index contributed by atoms with van der Waals surface area (Å²) in [6.45, 7) is 6.58. The number of allylic oxidation sites excluding steroid dienone is 3. The van der Waals surface area contributed by atoms with Crippen molar-refractivity contribution in [2.45, 2.75) is 13.8 Å². The predicted molar refractivity (Wildman–Crippen MR) is 37.4 cm³/mol. The first-order valence-corrected chi connectivity index (χ1v) is 2.62. The summed E-state index contributed by atoms with van der Waals surface area (Å²) < 4.78 is 12.0. The monoisotopic (exact) mass is 127 g/mol. The van der Waals surface area contributed by atoms with Crippen molar-refractivity contribution in [3.05, 3.63) is 24.1 Å². The van der Waals surface area contributed by atoms with E-state index < -0.39 is 5.83 Å². The molecule has 0 atom stereocenters. The lowest BCUT2D eigenvalue weighted by molar-refractivity contribution is 0.685. The highest BCUT2D eigenvalue weighted by molar-refractivity contribution is 6.04. The van der Waals surface area contributed by atoms with Crippen LogP contribution in [0.5, 0.6) is 0 Å². The van der Waals surface area contributed by atoms with Crippen molar-refractivity contribution in [2.75, 3.05) is 0 Å². The molecule has 0 radical (unpaired) electrons. The summed E-state index contributed by atoms with van der Waals surface area (Å²) in [7, 11) is 0. The highest BCUT2D eigenvalue weighted by atomic mass is 19.1. The Hall–Kier alpha value is -0.920. The van der Waals surface area contributed by atoms with E-state index in [1.165, 1.54) is 6.08 Å². The molecule has 2 heteroatoms. The van der Waals surface area contributed by atoms with Gasteiger partial charge in [0, 0.05) is 0 Å². The van der Waals surface area contributed by atoms with Crippen molar-refractivity contribution in [3.8, 4) is 0 Å². The quantitative estimate of drug-likeness (QED) is 0.551. The van der Waals surface area contributed by atoms with E-state index in [0.717, 1.165) is 5.57 Å². The first-order valence-electron chi connectivity index (χ1n) is 2.62. The lowest BCUT2D eigenvalue weighted by Gasteiger charge is -1.90. The Morgan fingerprint density at radius 1 is 1.56 bits per heavy atom. The van der Waals surface area contributed by atoms with Gasteiger partial charge in [-0.2, -0.15) is 0 Å². The van der Waals surface area contributed by atoms with Crippen LogP contribution in [-0.4, -0.2) is 5.71 Å². The van der Waals surface area contributed by atoms with Crippen LogP contribution in [0, 0.1) is 5.41 Å². The fraction of sp³-hybridized carbons (Fsp3) is 0.286. The Morgan fingerprint density at radius 3 is 2.11 bits per heavy atom. The van der Waals surface area contributed by atoms with Crippen molar-refractivity contribution in [2.24, 2.45) is 0 Å². The van der Waals surface area contributed by atoms with E-state index in [9.17, 15) is 4.39 Å². The van der Waals surface area contributed by atoms with Crippen LogP contribution >= 0.6 is 0 Å². The average molecular weight is 127 g/mol. The molecule has 0 aliphatic heterocycles. The third-order valence-corrected chi connectivity index (χ3v) is 0.725. The van der Waals surface area contributed by atoms with Gasteiger partial charge in [-0.05, 0) is 19.9 Å². The van der Waals surface area contributed by atoms with Crippen LogP contribution in [0.25, 0.3) is 0 Å². The molecular formula is C7H10FN. The number of nitrogens with one attached hydrogen (secondary N) is 1. The van der Waals surface area contributed by atoms with Crippen LogP contribution in [0.1, 0.15) is 13.8 Å². The molecule has 0 aromatic carbocycles. The molecule has 0 fully saturated rings. The third kappa shape index (κ3) is 3.64. The molecule has 0 aliphatic rings. The molecular weight excluding hydrogens is 117 g/mol. The molecule has 0 rings (SSSR count). The van der Waals surface area contributed by atoms with Gasteiger partial charge in [0.05, 0.1) is 5.71 Å². The van der Waals surface area contributed by atoms with E-state index in [4.69, 9.17) is 5.41 Å². The summed E-state index contributed by atoms with van der Waals surface area (Å²) in [6.07, 6.45) is 1.43. The van der Waals surface area contributed by atoms with E-state index in [2.05, 4.69) is 6.58 Å². The van der Waals surface area contributed by atoms with Crippen LogP contribution in [0.4, 0.5) is 4.39 Å². The average Bonchev–Trinajstić information content (AvgIpc) is 1.63. The van der Waals surface area contributed by atoms with E-state index >= 15 is 0 Å². The summed E-state index contributed by atoms with van der Waals surface area (Å²) in [5, 5.41) is 6.92. The SMILES string of the molecule is C=C(F)C(=N)C=C(C)C. The first-order chi connectivity index (χ1) is 4.04. The highest BCUT2D eigenvalue weighted by Crippen LogP contribution is 1.98. The Labute approximate surface area is 54.4 Å². The fourth-order valence-electron chi connectivity index (χ4n) is 0.367. The lowest BCUT2D eigenvalue weighted by atomic mass is 10.2. The molecule has 9 heavy (non-hydrogen) atoms. The molecule has 0 aliphatic carbocycles. The Morgan fingerprint density at radius 2 is 2.00 bits per heavy atom. The summed E-state index contributed by atoms with van der Waals surface area (Å²) >= 11 is 0. The molecule has 0 aromatic heterocycles. The molecule has 0 heterocycles. The van der Waals surface area contributed by atoms with Gasteiger partial charge < -0.3 is 0 Å². The van der Waals surface area contributed by atoms with Crippen molar-refractivity contribution < 1.29 is 4.39 Å². The first kappa shape index (κ1) is 8.08. The zero-order valence-electron chi connectivity index (χ0n) is 5.66. The molecule has 0 aromatic rings. The number of hydrogen-bond acceptors (Lipinski definition) is 1. The number of hydrogen-bond donors (Lipinski definition) is 1. The van der Waals surface area contributed by atoms with E-state index in [-0.39, 0.29) is 5.71 Å². The van der Waals surface area contributed by atoms with Gasteiger partial charge in [0.1, 0.15) is 5.83 Å².